The maximum absolute atomic E-state index is 11.2. The van der Waals surface area contributed by atoms with Gasteiger partial charge >= 0.3 is 6.09 Å². The van der Waals surface area contributed by atoms with Gasteiger partial charge in [-0.25, -0.2) is 9.78 Å². The molecule has 3 rings (SSSR count). The van der Waals surface area contributed by atoms with Gasteiger partial charge in [0.1, 0.15) is 11.5 Å². The van der Waals surface area contributed by atoms with Gasteiger partial charge in [0.2, 0.25) is 0 Å². The van der Waals surface area contributed by atoms with Crippen molar-refractivity contribution in [3.63, 3.8) is 0 Å². The van der Waals surface area contributed by atoms with Crippen LogP contribution in [0.3, 0.4) is 0 Å². The van der Waals surface area contributed by atoms with Crippen LogP contribution in [0.15, 0.2) is 77.0 Å². The zero-order valence-corrected chi connectivity index (χ0v) is 18.6. The summed E-state index contributed by atoms with van der Waals surface area (Å²) in [5.41, 5.74) is 13.0. The van der Waals surface area contributed by atoms with E-state index in [-0.39, 0.29) is 24.3 Å². The summed E-state index contributed by atoms with van der Waals surface area (Å²) in [7, 11) is 0. The lowest BCUT2D eigenvalue weighted by Crippen LogP contribution is -2.17. The number of halogens is 2. The highest BCUT2D eigenvalue weighted by molar-refractivity contribution is 6.30. The number of anilines is 3. The van der Waals surface area contributed by atoms with E-state index < -0.39 is 6.09 Å². The summed E-state index contributed by atoms with van der Waals surface area (Å²) < 4.78 is 4.90. The molecule has 0 bridgehead atoms. The minimum Gasteiger partial charge on any atom is -0.447 e. The van der Waals surface area contributed by atoms with E-state index in [0.29, 0.717) is 22.2 Å². The summed E-state index contributed by atoms with van der Waals surface area (Å²) in [6, 6.07) is 19.6. The second-order valence-corrected chi connectivity index (χ2v) is 6.70. The second kappa shape index (κ2) is 13.0. The summed E-state index contributed by atoms with van der Waals surface area (Å²) in [5, 5.41) is 11.2. The second-order valence-electron chi connectivity index (χ2n) is 6.27. The molecule has 8 nitrogen and oxygen atoms in total. The summed E-state index contributed by atoms with van der Waals surface area (Å²) in [5.74, 6) is 0.649. The lowest BCUT2D eigenvalue weighted by molar-refractivity contribution is 0.130. The van der Waals surface area contributed by atoms with E-state index in [9.17, 15) is 4.79 Å². The summed E-state index contributed by atoms with van der Waals surface area (Å²) in [6.45, 7) is 3.58. The van der Waals surface area contributed by atoms with Crippen LogP contribution in [0.2, 0.25) is 5.02 Å². The fourth-order valence-electron chi connectivity index (χ4n) is 2.10. The Morgan fingerprint density at radius 1 is 1.03 bits per heavy atom. The molecular weight excluding hydrogens is 439 g/mol. The highest BCUT2D eigenvalue weighted by Gasteiger charge is 2.05. The molecule has 3 aromatic rings. The largest absolute Gasteiger partial charge is 0.447 e. The van der Waals surface area contributed by atoms with Gasteiger partial charge in [-0.3, -0.25) is 5.32 Å². The molecule has 5 N–H and O–H groups in total. The SMILES string of the molecule is CC(C)OC(=O)Nc1cccc(Cl)c1.Cl.Nc1ccc(N=Nc2ccccc2)c(N)n1. The molecule has 1 heterocycles. The molecule has 0 aliphatic rings. The third kappa shape index (κ3) is 9.79. The molecule has 2 aromatic carbocycles. The van der Waals surface area contributed by atoms with Gasteiger partial charge < -0.3 is 16.2 Å². The van der Waals surface area contributed by atoms with Crippen molar-refractivity contribution in [2.24, 2.45) is 10.2 Å². The molecule has 0 atom stereocenters. The van der Waals surface area contributed by atoms with Crippen LogP contribution in [0.4, 0.5) is 33.5 Å². The molecule has 31 heavy (non-hydrogen) atoms. The first-order chi connectivity index (χ1) is 14.3. The van der Waals surface area contributed by atoms with Gasteiger partial charge in [-0.1, -0.05) is 35.9 Å². The van der Waals surface area contributed by atoms with Gasteiger partial charge in [0.15, 0.2) is 5.82 Å². The number of nitrogens with one attached hydrogen (secondary N) is 1. The number of amides is 1. The number of ether oxygens (including phenoxy) is 1. The van der Waals surface area contributed by atoms with E-state index in [1.807, 2.05) is 30.3 Å². The van der Waals surface area contributed by atoms with Crippen molar-refractivity contribution in [1.82, 2.24) is 4.98 Å². The lowest BCUT2D eigenvalue weighted by atomic mass is 10.3. The molecular formula is C21H24Cl2N6O2. The Morgan fingerprint density at radius 2 is 1.74 bits per heavy atom. The van der Waals surface area contributed by atoms with E-state index >= 15 is 0 Å². The van der Waals surface area contributed by atoms with Gasteiger partial charge in [0.05, 0.1) is 11.8 Å². The first kappa shape index (κ1) is 25.7. The maximum atomic E-state index is 11.2. The molecule has 0 aliphatic heterocycles. The lowest BCUT2D eigenvalue weighted by Gasteiger charge is -2.09. The number of hydrogen-bond donors (Lipinski definition) is 3. The molecule has 0 spiro atoms. The molecule has 0 radical (unpaired) electrons. The van der Waals surface area contributed by atoms with Crippen LogP contribution in [-0.4, -0.2) is 17.2 Å². The Hall–Kier alpha value is -3.36. The molecule has 0 saturated carbocycles. The van der Waals surface area contributed by atoms with Crippen LogP contribution < -0.4 is 16.8 Å². The van der Waals surface area contributed by atoms with Crippen LogP contribution in [0.25, 0.3) is 0 Å². The highest BCUT2D eigenvalue weighted by Crippen LogP contribution is 2.23. The minimum absolute atomic E-state index is 0. The van der Waals surface area contributed by atoms with Gasteiger partial charge in [-0.2, -0.15) is 5.11 Å². The molecule has 0 saturated heterocycles. The number of carbonyl (C=O) groups is 1. The quantitative estimate of drug-likeness (QED) is 0.387. The van der Waals surface area contributed by atoms with E-state index in [1.165, 1.54) is 0 Å². The number of carbonyl (C=O) groups excluding carboxylic acids is 1. The Kier molecular flexibility index (Phi) is 10.8. The van der Waals surface area contributed by atoms with E-state index in [1.54, 1.807) is 50.2 Å². The van der Waals surface area contributed by atoms with Crippen molar-refractivity contribution in [3.8, 4) is 0 Å². The van der Waals surface area contributed by atoms with Crippen molar-refractivity contribution in [3.05, 3.63) is 71.8 Å². The zero-order chi connectivity index (χ0) is 21.9. The van der Waals surface area contributed by atoms with Gasteiger partial charge in [0, 0.05) is 10.7 Å². The fraction of sp³-hybridized carbons (Fsp3) is 0.143. The number of nitrogens with zero attached hydrogens (tertiary/aromatic N) is 3. The molecule has 0 fully saturated rings. The number of azo groups is 1. The fourth-order valence-corrected chi connectivity index (χ4v) is 2.29. The van der Waals surface area contributed by atoms with Crippen LogP contribution in [0.5, 0.6) is 0 Å². The van der Waals surface area contributed by atoms with Crippen LogP contribution in [-0.2, 0) is 4.74 Å². The van der Waals surface area contributed by atoms with Crippen molar-refractivity contribution < 1.29 is 9.53 Å². The van der Waals surface area contributed by atoms with Crippen molar-refractivity contribution in [1.29, 1.82) is 0 Å². The Labute approximate surface area is 192 Å². The van der Waals surface area contributed by atoms with Crippen LogP contribution in [0, 0.1) is 0 Å². The molecule has 164 valence electrons. The summed E-state index contributed by atoms with van der Waals surface area (Å²) >= 11 is 5.74. The van der Waals surface area contributed by atoms with Gasteiger partial charge in [-0.15, -0.1) is 17.5 Å². The number of rotatable bonds is 4. The Morgan fingerprint density at radius 3 is 2.35 bits per heavy atom. The van der Waals surface area contributed by atoms with Crippen molar-refractivity contribution in [2.75, 3.05) is 16.8 Å². The van der Waals surface area contributed by atoms with E-state index in [2.05, 4.69) is 20.5 Å². The number of pyridine rings is 1. The number of aromatic nitrogens is 1. The van der Waals surface area contributed by atoms with Crippen molar-refractivity contribution in [2.45, 2.75) is 20.0 Å². The highest BCUT2D eigenvalue weighted by atomic mass is 35.5. The van der Waals surface area contributed by atoms with Gasteiger partial charge in [0.25, 0.3) is 0 Å². The maximum Gasteiger partial charge on any atom is 0.411 e. The topological polar surface area (TPSA) is 128 Å². The number of hydrogen-bond acceptors (Lipinski definition) is 7. The van der Waals surface area contributed by atoms with E-state index in [0.717, 1.165) is 5.69 Å². The molecule has 1 aromatic heterocycles. The summed E-state index contributed by atoms with van der Waals surface area (Å²) in [4.78, 5) is 15.0. The average Bonchev–Trinajstić information content (AvgIpc) is 2.68. The smallest absolute Gasteiger partial charge is 0.411 e. The van der Waals surface area contributed by atoms with Crippen LogP contribution in [0.1, 0.15) is 13.8 Å². The van der Waals surface area contributed by atoms with Gasteiger partial charge in [-0.05, 0) is 56.3 Å². The first-order valence-corrected chi connectivity index (χ1v) is 9.43. The molecule has 0 aliphatic carbocycles. The zero-order valence-electron chi connectivity index (χ0n) is 17.0. The number of benzene rings is 2. The summed E-state index contributed by atoms with van der Waals surface area (Å²) in [6.07, 6.45) is -0.601. The third-order valence-electron chi connectivity index (χ3n) is 3.37. The van der Waals surface area contributed by atoms with E-state index in [4.69, 9.17) is 27.8 Å². The first-order valence-electron chi connectivity index (χ1n) is 9.05. The number of nitrogens with two attached hydrogens (primary N) is 2. The Bertz CT molecular complexity index is 1000. The molecule has 10 heteroatoms. The Balaban J connectivity index is 0.000000303. The van der Waals surface area contributed by atoms with Crippen molar-refractivity contribution >= 4 is 58.8 Å². The minimum atomic E-state index is -0.470. The normalized spacial score (nSPS) is 10.1. The predicted molar refractivity (Wildman–Crippen MR) is 128 cm³/mol. The molecule has 0 unspecified atom stereocenters. The monoisotopic (exact) mass is 462 g/mol. The van der Waals surface area contributed by atoms with Crippen LogP contribution >= 0.6 is 24.0 Å². The third-order valence-corrected chi connectivity index (χ3v) is 3.60. The predicted octanol–water partition coefficient (Wildman–Crippen LogP) is 6.38. The number of nitrogen functional groups attached to an aromatic ring is 2. The standard InChI is InChI=1S/C11H11N5.C10H12ClNO2.ClH/c12-10-7-6-9(11(13)14-10)16-15-8-4-2-1-3-5-8;1-7(2)14-10(13)12-9-5-3-4-8(11)6-9;/h1-7H,(H4,12,13,14);3-7H,1-2H3,(H,12,13);1H. The average molecular weight is 463 g/mol. The molecule has 1 amide bonds.